The lowest BCUT2D eigenvalue weighted by atomic mass is 10.2. The molecule has 0 bridgehead atoms. The molecule has 1 saturated heterocycles. The van der Waals surface area contributed by atoms with E-state index in [1.165, 1.54) is 15.1 Å². The Balaban J connectivity index is 1.79. The molecule has 0 saturated carbocycles. The van der Waals surface area contributed by atoms with Gasteiger partial charge in [0.25, 0.3) is 5.91 Å². The number of hydrogen-bond acceptors (Lipinski definition) is 3. The third kappa shape index (κ3) is 2.99. The van der Waals surface area contributed by atoms with E-state index < -0.39 is 0 Å². The average molecular weight is 306 g/mol. The third-order valence-electron chi connectivity index (χ3n) is 3.91. The van der Waals surface area contributed by atoms with E-state index in [9.17, 15) is 4.79 Å². The summed E-state index contributed by atoms with van der Waals surface area (Å²) in [5.41, 5.74) is 1.96. The minimum absolute atomic E-state index is 0.0139. The summed E-state index contributed by atoms with van der Waals surface area (Å²) in [7, 11) is 0. The molecule has 0 aromatic carbocycles. The van der Waals surface area contributed by atoms with Crippen LogP contribution in [0.2, 0.25) is 0 Å². The van der Waals surface area contributed by atoms with Crippen LogP contribution in [0.3, 0.4) is 0 Å². The molecule has 4 nitrogen and oxygen atoms in total. The molecular formula is C16H22N2O2S. The number of carbonyl (C=O) groups excluding carboxylic acids is 1. The van der Waals surface area contributed by atoms with Gasteiger partial charge in [-0.1, -0.05) is 6.92 Å². The van der Waals surface area contributed by atoms with Crippen LogP contribution in [-0.2, 0) is 11.3 Å². The van der Waals surface area contributed by atoms with Gasteiger partial charge >= 0.3 is 0 Å². The van der Waals surface area contributed by atoms with Crippen molar-refractivity contribution in [2.75, 3.05) is 13.2 Å². The zero-order chi connectivity index (χ0) is 14.8. The topological polar surface area (TPSA) is 43.3 Å². The number of aryl methyl sites for hydroxylation is 2. The predicted octanol–water partition coefficient (Wildman–Crippen LogP) is 3.33. The number of ether oxygens (including phenoxy) is 1. The van der Waals surface area contributed by atoms with Gasteiger partial charge in [-0.05, 0) is 38.3 Å². The summed E-state index contributed by atoms with van der Waals surface area (Å²) in [5.74, 6) is 0.0139. The Labute approximate surface area is 129 Å². The first-order chi connectivity index (χ1) is 10.2. The Morgan fingerprint density at radius 1 is 1.52 bits per heavy atom. The molecule has 21 heavy (non-hydrogen) atoms. The number of thiophene rings is 1. The zero-order valence-electron chi connectivity index (χ0n) is 12.6. The summed E-state index contributed by atoms with van der Waals surface area (Å²) in [6.07, 6.45) is 3.35. The highest BCUT2D eigenvalue weighted by Gasteiger charge is 2.20. The summed E-state index contributed by atoms with van der Waals surface area (Å²) in [6, 6.07) is 4.19. The zero-order valence-corrected chi connectivity index (χ0v) is 13.5. The first-order valence-corrected chi connectivity index (χ1v) is 8.50. The lowest BCUT2D eigenvalue weighted by Crippen LogP contribution is -2.33. The van der Waals surface area contributed by atoms with E-state index in [2.05, 4.69) is 29.8 Å². The molecule has 1 N–H and O–H groups in total. The highest BCUT2D eigenvalue weighted by molar-refractivity contribution is 7.19. The van der Waals surface area contributed by atoms with Gasteiger partial charge in [0.15, 0.2) is 0 Å². The molecule has 114 valence electrons. The van der Waals surface area contributed by atoms with E-state index in [-0.39, 0.29) is 12.0 Å². The van der Waals surface area contributed by atoms with Crippen molar-refractivity contribution < 1.29 is 9.53 Å². The van der Waals surface area contributed by atoms with Gasteiger partial charge < -0.3 is 14.6 Å². The van der Waals surface area contributed by atoms with Crippen LogP contribution in [0, 0.1) is 6.92 Å². The van der Waals surface area contributed by atoms with Gasteiger partial charge in [-0.3, -0.25) is 4.79 Å². The minimum atomic E-state index is 0.0139. The fourth-order valence-corrected chi connectivity index (χ4v) is 3.88. The fourth-order valence-electron chi connectivity index (χ4n) is 2.92. The van der Waals surface area contributed by atoms with Crippen molar-refractivity contribution in [2.45, 2.75) is 45.8 Å². The van der Waals surface area contributed by atoms with Gasteiger partial charge in [-0.25, -0.2) is 0 Å². The molecular weight excluding hydrogens is 284 g/mol. The molecule has 3 heterocycles. The second kappa shape index (κ2) is 6.20. The maximum absolute atomic E-state index is 12.5. The molecule has 1 atom stereocenters. The van der Waals surface area contributed by atoms with Crippen LogP contribution >= 0.6 is 11.3 Å². The first kappa shape index (κ1) is 14.6. The summed E-state index contributed by atoms with van der Waals surface area (Å²) in [4.78, 5) is 13.8. The Morgan fingerprint density at radius 2 is 2.38 bits per heavy atom. The van der Waals surface area contributed by atoms with Crippen molar-refractivity contribution in [3.05, 3.63) is 22.7 Å². The molecule has 2 aromatic heterocycles. The van der Waals surface area contributed by atoms with Gasteiger partial charge in [0.1, 0.15) is 5.69 Å². The van der Waals surface area contributed by atoms with E-state index >= 15 is 0 Å². The molecule has 2 aromatic rings. The maximum Gasteiger partial charge on any atom is 0.268 e. The summed E-state index contributed by atoms with van der Waals surface area (Å²) in [6.45, 7) is 6.56. The van der Waals surface area contributed by atoms with Crippen LogP contribution in [0.4, 0.5) is 0 Å². The number of rotatable bonds is 5. The first-order valence-electron chi connectivity index (χ1n) is 7.68. The average Bonchev–Trinajstić information content (AvgIpc) is 3.14. The quantitative estimate of drug-likeness (QED) is 0.921. The molecule has 0 spiro atoms. The Hall–Kier alpha value is -1.33. The van der Waals surface area contributed by atoms with Crippen molar-refractivity contribution in [2.24, 2.45) is 0 Å². The van der Waals surface area contributed by atoms with Crippen molar-refractivity contribution in [1.82, 2.24) is 9.88 Å². The van der Waals surface area contributed by atoms with E-state index in [1.807, 2.05) is 6.07 Å². The maximum atomic E-state index is 12.5. The van der Waals surface area contributed by atoms with Crippen molar-refractivity contribution in [3.63, 3.8) is 0 Å². The molecule has 1 aliphatic heterocycles. The second-order valence-electron chi connectivity index (χ2n) is 5.63. The summed E-state index contributed by atoms with van der Waals surface area (Å²) in [5, 5.41) is 3.02. The Kier molecular flexibility index (Phi) is 4.31. The van der Waals surface area contributed by atoms with Crippen LogP contribution in [0.5, 0.6) is 0 Å². The van der Waals surface area contributed by atoms with Crippen molar-refractivity contribution >= 4 is 27.5 Å². The van der Waals surface area contributed by atoms with Gasteiger partial charge in [-0.2, -0.15) is 0 Å². The molecule has 5 heteroatoms. The molecule has 1 fully saturated rings. The normalized spacial score (nSPS) is 18.5. The third-order valence-corrected chi connectivity index (χ3v) is 4.89. The number of amides is 1. The molecule has 0 aliphatic carbocycles. The SMILES string of the molecule is CCCn1c(C(=O)NCC2CCCO2)cc2sc(C)cc21. The number of nitrogens with one attached hydrogen (secondary N) is 1. The van der Waals surface area contributed by atoms with Crippen LogP contribution in [-0.4, -0.2) is 29.7 Å². The lowest BCUT2D eigenvalue weighted by Gasteiger charge is -2.12. The van der Waals surface area contributed by atoms with E-state index in [0.717, 1.165) is 38.1 Å². The van der Waals surface area contributed by atoms with E-state index in [1.54, 1.807) is 11.3 Å². The van der Waals surface area contributed by atoms with Crippen molar-refractivity contribution in [1.29, 1.82) is 0 Å². The van der Waals surface area contributed by atoms with Crippen LogP contribution in [0.25, 0.3) is 10.2 Å². The fraction of sp³-hybridized carbons (Fsp3) is 0.562. The molecule has 1 aliphatic rings. The number of aromatic nitrogens is 1. The largest absolute Gasteiger partial charge is 0.376 e. The van der Waals surface area contributed by atoms with E-state index in [4.69, 9.17) is 4.74 Å². The summed E-state index contributed by atoms with van der Waals surface area (Å²) < 4.78 is 8.90. The molecule has 0 radical (unpaired) electrons. The van der Waals surface area contributed by atoms with E-state index in [0.29, 0.717) is 6.54 Å². The van der Waals surface area contributed by atoms with Crippen molar-refractivity contribution in [3.8, 4) is 0 Å². The van der Waals surface area contributed by atoms with Gasteiger partial charge in [0.2, 0.25) is 0 Å². The van der Waals surface area contributed by atoms with Gasteiger partial charge in [0, 0.05) is 24.6 Å². The molecule has 3 rings (SSSR count). The smallest absolute Gasteiger partial charge is 0.268 e. The minimum Gasteiger partial charge on any atom is -0.376 e. The summed E-state index contributed by atoms with van der Waals surface area (Å²) >= 11 is 1.75. The van der Waals surface area contributed by atoms with Crippen LogP contribution in [0.15, 0.2) is 12.1 Å². The highest BCUT2D eigenvalue weighted by Crippen LogP contribution is 2.29. The number of carbonyl (C=O) groups is 1. The highest BCUT2D eigenvalue weighted by atomic mass is 32.1. The predicted molar refractivity (Wildman–Crippen MR) is 86.2 cm³/mol. The second-order valence-corrected chi connectivity index (χ2v) is 6.92. The number of nitrogens with zero attached hydrogens (tertiary/aromatic N) is 1. The van der Waals surface area contributed by atoms with Gasteiger partial charge in [0.05, 0.1) is 16.3 Å². The monoisotopic (exact) mass is 306 g/mol. The molecule has 1 unspecified atom stereocenters. The standard InChI is InChI=1S/C16H22N2O2S/c1-3-6-18-13-8-11(2)21-15(13)9-14(18)16(19)17-10-12-5-4-7-20-12/h8-9,12H,3-7,10H2,1-2H3,(H,17,19). The number of fused-ring (bicyclic) bond motifs is 1. The van der Waals surface area contributed by atoms with Gasteiger partial charge in [-0.15, -0.1) is 11.3 Å². The molecule has 1 amide bonds. The Bertz CT molecular complexity index is 638. The Morgan fingerprint density at radius 3 is 3.10 bits per heavy atom. The van der Waals surface area contributed by atoms with Crippen LogP contribution in [0.1, 0.15) is 41.6 Å². The van der Waals surface area contributed by atoms with Crippen LogP contribution < -0.4 is 5.32 Å². The lowest BCUT2D eigenvalue weighted by molar-refractivity contribution is 0.0850. The number of hydrogen-bond donors (Lipinski definition) is 1.